The number of rotatable bonds is 5. The van der Waals surface area contributed by atoms with E-state index in [1.54, 1.807) is 43.6 Å². The first kappa shape index (κ1) is 19.1. The summed E-state index contributed by atoms with van der Waals surface area (Å²) in [6.07, 6.45) is 1.55. The van der Waals surface area contributed by atoms with Crippen LogP contribution in [-0.2, 0) is 0 Å². The maximum absolute atomic E-state index is 13.0. The number of likely N-dealkylation sites (N-methyl/N-ethyl adjacent to an activating group) is 1. The molecule has 8 heteroatoms. The lowest BCUT2D eigenvalue weighted by Crippen LogP contribution is -2.49. The molecule has 1 atom stereocenters. The fraction of sp³-hybridized carbons (Fsp3) is 0.333. The van der Waals surface area contributed by atoms with Crippen LogP contribution in [0.1, 0.15) is 22.1 Å². The summed E-state index contributed by atoms with van der Waals surface area (Å²) in [7, 11) is 5.27. The summed E-state index contributed by atoms with van der Waals surface area (Å²) in [6, 6.07) is 11.0. The molecule has 1 unspecified atom stereocenters. The van der Waals surface area contributed by atoms with E-state index in [4.69, 9.17) is 18.4 Å². The number of methoxy groups -OCH3 is 2. The molecule has 1 aliphatic heterocycles. The van der Waals surface area contributed by atoms with Crippen molar-refractivity contribution in [1.29, 1.82) is 0 Å². The summed E-state index contributed by atoms with van der Waals surface area (Å²) in [5.74, 6) is 2.16. The minimum absolute atomic E-state index is 0.0314. The average Bonchev–Trinajstić information content (AvgIpc) is 3.45. The molecule has 2 aromatic heterocycles. The predicted octanol–water partition coefficient (Wildman–Crippen LogP) is 3.08. The predicted molar refractivity (Wildman–Crippen MR) is 105 cm³/mol. The van der Waals surface area contributed by atoms with E-state index in [0.29, 0.717) is 36.1 Å². The van der Waals surface area contributed by atoms with Gasteiger partial charge in [0.15, 0.2) is 23.0 Å². The van der Waals surface area contributed by atoms with E-state index in [1.807, 2.05) is 25.2 Å². The summed E-state index contributed by atoms with van der Waals surface area (Å²) in [4.78, 5) is 17.0. The van der Waals surface area contributed by atoms with Gasteiger partial charge in [0.2, 0.25) is 5.76 Å². The zero-order valence-corrected chi connectivity index (χ0v) is 16.6. The minimum Gasteiger partial charge on any atom is -0.493 e. The van der Waals surface area contributed by atoms with Crippen molar-refractivity contribution in [2.45, 2.75) is 6.04 Å². The smallest absolute Gasteiger partial charge is 0.276 e. The van der Waals surface area contributed by atoms with Gasteiger partial charge in [-0.25, -0.2) is 0 Å². The van der Waals surface area contributed by atoms with Crippen LogP contribution in [0.5, 0.6) is 11.5 Å². The standard InChI is InChI=1S/C21H23N3O5/c1-23-8-9-24(13-16(23)14-6-7-17(26-2)19(11-14)27-3)21(25)15-12-20(29-22-15)18-5-4-10-28-18/h4-7,10-12,16H,8-9,13H2,1-3H3. The van der Waals surface area contributed by atoms with Crippen LogP contribution in [-0.4, -0.2) is 61.8 Å². The first-order chi connectivity index (χ1) is 14.1. The molecule has 3 aromatic rings. The molecule has 152 valence electrons. The first-order valence-electron chi connectivity index (χ1n) is 9.32. The minimum atomic E-state index is -0.162. The zero-order valence-electron chi connectivity index (χ0n) is 16.6. The second-order valence-corrected chi connectivity index (χ2v) is 6.92. The lowest BCUT2D eigenvalue weighted by atomic mass is 10.0. The fourth-order valence-electron chi connectivity index (χ4n) is 3.55. The molecule has 1 aliphatic rings. The van der Waals surface area contributed by atoms with Crippen molar-refractivity contribution in [3.05, 3.63) is 53.9 Å². The molecule has 0 saturated carbocycles. The van der Waals surface area contributed by atoms with Crippen molar-refractivity contribution in [3.8, 4) is 23.0 Å². The zero-order chi connectivity index (χ0) is 20.4. The third-order valence-electron chi connectivity index (χ3n) is 5.22. The highest BCUT2D eigenvalue weighted by molar-refractivity contribution is 5.93. The first-order valence-corrected chi connectivity index (χ1v) is 9.32. The summed E-state index contributed by atoms with van der Waals surface area (Å²) >= 11 is 0. The van der Waals surface area contributed by atoms with Crippen LogP contribution in [0.15, 0.2) is 51.6 Å². The maximum Gasteiger partial charge on any atom is 0.276 e. The highest BCUT2D eigenvalue weighted by Gasteiger charge is 2.31. The van der Waals surface area contributed by atoms with Crippen LogP contribution in [0.25, 0.3) is 11.5 Å². The monoisotopic (exact) mass is 397 g/mol. The molecule has 8 nitrogen and oxygen atoms in total. The van der Waals surface area contributed by atoms with E-state index in [2.05, 4.69) is 10.1 Å². The Morgan fingerprint density at radius 3 is 2.66 bits per heavy atom. The van der Waals surface area contributed by atoms with E-state index in [-0.39, 0.29) is 17.6 Å². The molecular formula is C21H23N3O5. The van der Waals surface area contributed by atoms with Crippen molar-refractivity contribution in [1.82, 2.24) is 15.0 Å². The number of aromatic nitrogens is 1. The highest BCUT2D eigenvalue weighted by atomic mass is 16.5. The molecule has 0 aliphatic carbocycles. The van der Waals surface area contributed by atoms with Crippen LogP contribution in [0.4, 0.5) is 0 Å². The molecular weight excluding hydrogens is 374 g/mol. The molecule has 0 spiro atoms. The van der Waals surface area contributed by atoms with Crippen molar-refractivity contribution in [3.63, 3.8) is 0 Å². The molecule has 1 amide bonds. The van der Waals surface area contributed by atoms with Crippen molar-refractivity contribution in [2.75, 3.05) is 40.9 Å². The third kappa shape index (κ3) is 3.71. The van der Waals surface area contributed by atoms with Gasteiger partial charge in [-0.05, 0) is 36.9 Å². The number of amides is 1. The molecule has 29 heavy (non-hydrogen) atoms. The van der Waals surface area contributed by atoms with Gasteiger partial charge in [-0.3, -0.25) is 9.69 Å². The van der Waals surface area contributed by atoms with E-state index in [1.165, 1.54) is 0 Å². The van der Waals surface area contributed by atoms with E-state index >= 15 is 0 Å². The largest absolute Gasteiger partial charge is 0.493 e. The third-order valence-corrected chi connectivity index (χ3v) is 5.22. The van der Waals surface area contributed by atoms with E-state index in [0.717, 1.165) is 12.1 Å². The fourth-order valence-corrected chi connectivity index (χ4v) is 3.55. The second-order valence-electron chi connectivity index (χ2n) is 6.92. The number of carbonyl (C=O) groups excluding carboxylic acids is 1. The summed E-state index contributed by atoms with van der Waals surface area (Å²) in [5.41, 5.74) is 1.33. The van der Waals surface area contributed by atoms with Gasteiger partial charge in [-0.2, -0.15) is 0 Å². The Morgan fingerprint density at radius 2 is 1.93 bits per heavy atom. The normalized spacial score (nSPS) is 17.3. The molecule has 0 N–H and O–H groups in total. The van der Waals surface area contributed by atoms with Gasteiger partial charge in [0.1, 0.15) is 0 Å². The summed E-state index contributed by atoms with van der Waals surface area (Å²) in [6.45, 7) is 1.89. The van der Waals surface area contributed by atoms with E-state index in [9.17, 15) is 4.79 Å². The Labute approximate surface area is 168 Å². The van der Waals surface area contributed by atoms with Gasteiger partial charge in [0.25, 0.3) is 5.91 Å². The van der Waals surface area contributed by atoms with Gasteiger partial charge in [-0.15, -0.1) is 0 Å². The molecule has 3 heterocycles. The van der Waals surface area contributed by atoms with Gasteiger partial charge >= 0.3 is 0 Å². The van der Waals surface area contributed by atoms with Crippen LogP contribution in [0, 0.1) is 0 Å². The Bertz CT molecular complexity index is 982. The van der Waals surface area contributed by atoms with Crippen LogP contribution in [0.2, 0.25) is 0 Å². The van der Waals surface area contributed by atoms with Crippen LogP contribution in [0.3, 0.4) is 0 Å². The number of hydrogen-bond acceptors (Lipinski definition) is 7. The average molecular weight is 397 g/mol. The Morgan fingerprint density at radius 1 is 1.10 bits per heavy atom. The van der Waals surface area contributed by atoms with Crippen molar-refractivity contribution in [2.24, 2.45) is 0 Å². The Kier molecular flexibility index (Phi) is 5.26. The SMILES string of the molecule is COc1ccc(C2CN(C(=O)c3cc(-c4ccco4)on3)CCN2C)cc1OC. The van der Waals surface area contributed by atoms with Gasteiger partial charge in [0.05, 0.1) is 26.5 Å². The number of nitrogens with zero attached hydrogens (tertiary/aromatic N) is 3. The lowest BCUT2D eigenvalue weighted by Gasteiger charge is -2.39. The number of furan rings is 1. The number of carbonyl (C=O) groups is 1. The van der Waals surface area contributed by atoms with E-state index < -0.39 is 0 Å². The molecule has 0 radical (unpaired) electrons. The van der Waals surface area contributed by atoms with Crippen molar-refractivity contribution < 1.29 is 23.2 Å². The Hall–Kier alpha value is -3.26. The summed E-state index contributed by atoms with van der Waals surface area (Å²) in [5, 5.41) is 3.94. The summed E-state index contributed by atoms with van der Waals surface area (Å²) < 4.78 is 21.3. The maximum atomic E-state index is 13.0. The molecule has 1 fully saturated rings. The second kappa shape index (κ2) is 8.00. The number of ether oxygens (including phenoxy) is 2. The Balaban J connectivity index is 1.53. The van der Waals surface area contributed by atoms with Gasteiger partial charge < -0.3 is 23.3 Å². The van der Waals surface area contributed by atoms with Gasteiger partial charge in [-0.1, -0.05) is 11.2 Å². The molecule has 0 bridgehead atoms. The number of piperazine rings is 1. The van der Waals surface area contributed by atoms with Crippen molar-refractivity contribution >= 4 is 5.91 Å². The highest BCUT2D eigenvalue weighted by Crippen LogP contribution is 2.33. The molecule has 1 aromatic carbocycles. The van der Waals surface area contributed by atoms with Crippen LogP contribution >= 0.6 is 0 Å². The number of hydrogen-bond donors (Lipinski definition) is 0. The van der Waals surface area contributed by atoms with Crippen LogP contribution < -0.4 is 9.47 Å². The lowest BCUT2D eigenvalue weighted by molar-refractivity contribution is 0.0536. The number of benzene rings is 1. The van der Waals surface area contributed by atoms with Gasteiger partial charge in [0, 0.05) is 25.7 Å². The topological polar surface area (TPSA) is 81.2 Å². The molecule has 1 saturated heterocycles. The quantitative estimate of drug-likeness (QED) is 0.654. The molecule has 4 rings (SSSR count).